The van der Waals surface area contributed by atoms with Crippen molar-refractivity contribution >= 4 is 39.3 Å². The summed E-state index contributed by atoms with van der Waals surface area (Å²) in [6, 6.07) is 16.7. The van der Waals surface area contributed by atoms with Crippen molar-refractivity contribution in [3.63, 3.8) is 0 Å². The van der Waals surface area contributed by atoms with E-state index >= 15 is 0 Å². The van der Waals surface area contributed by atoms with Gasteiger partial charge >= 0.3 is 0 Å². The van der Waals surface area contributed by atoms with Crippen molar-refractivity contribution in [1.29, 1.82) is 0 Å². The van der Waals surface area contributed by atoms with E-state index in [1.807, 2.05) is 43.1 Å². The van der Waals surface area contributed by atoms with Crippen molar-refractivity contribution in [1.82, 2.24) is 5.32 Å². The number of benzene rings is 2. The minimum absolute atomic E-state index is 0.294. The molecule has 2 aromatic rings. The summed E-state index contributed by atoms with van der Waals surface area (Å²) in [5, 5.41) is 4.12. The van der Waals surface area contributed by atoms with Crippen molar-refractivity contribution in [2.75, 3.05) is 12.8 Å². The monoisotopic (exact) mass is 355 g/mol. The first-order valence-corrected chi connectivity index (χ1v) is 8.16. The lowest BCUT2D eigenvalue weighted by Gasteiger charge is -2.16. The molecule has 0 fully saturated rings. The molecule has 0 amide bonds. The van der Waals surface area contributed by atoms with E-state index in [2.05, 4.69) is 45.5 Å². The van der Waals surface area contributed by atoms with Crippen LogP contribution in [0.25, 0.3) is 0 Å². The van der Waals surface area contributed by atoms with Gasteiger partial charge in [0.1, 0.15) is 0 Å². The summed E-state index contributed by atoms with van der Waals surface area (Å²) < 4.78 is 1.11. The summed E-state index contributed by atoms with van der Waals surface area (Å²) >= 11 is 11.4. The van der Waals surface area contributed by atoms with Crippen molar-refractivity contribution < 1.29 is 0 Å². The molecular weight excluding hydrogens is 342 g/mol. The summed E-state index contributed by atoms with van der Waals surface area (Å²) in [4.78, 5) is 1.26. The minimum atomic E-state index is 0.294. The smallest absolute Gasteiger partial charge is 0.0413 e. The Morgan fingerprint density at radius 1 is 1.21 bits per heavy atom. The average molecular weight is 357 g/mol. The van der Waals surface area contributed by atoms with Crippen molar-refractivity contribution in [2.45, 2.75) is 10.9 Å². The zero-order valence-corrected chi connectivity index (χ0v) is 13.7. The molecule has 1 nitrogen and oxygen atoms in total. The van der Waals surface area contributed by atoms with Crippen LogP contribution >= 0.6 is 39.3 Å². The van der Waals surface area contributed by atoms with E-state index < -0.39 is 0 Å². The third-order valence-electron chi connectivity index (χ3n) is 2.81. The molecule has 4 heteroatoms. The van der Waals surface area contributed by atoms with E-state index in [1.165, 1.54) is 10.5 Å². The van der Waals surface area contributed by atoms with Crippen LogP contribution in [-0.4, -0.2) is 12.8 Å². The molecule has 0 heterocycles. The van der Waals surface area contributed by atoms with Gasteiger partial charge in [0.25, 0.3) is 0 Å². The van der Waals surface area contributed by atoms with Crippen LogP contribution in [-0.2, 0) is 0 Å². The Morgan fingerprint density at radius 2 is 2.00 bits per heavy atom. The second kappa shape index (κ2) is 7.34. The van der Waals surface area contributed by atoms with E-state index in [0.717, 1.165) is 15.2 Å². The highest BCUT2D eigenvalue weighted by molar-refractivity contribution is 9.10. The third-order valence-corrected chi connectivity index (χ3v) is 4.63. The minimum Gasteiger partial charge on any atom is -0.312 e. The predicted octanol–water partition coefficient (Wildman–Crippen LogP) is 5.16. The highest BCUT2D eigenvalue weighted by Crippen LogP contribution is 2.27. The van der Waals surface area contributed by atoms with Crippen LogP contribution in [0.5, 0.6) is 0 Å². The largest absolute Gasteiger partial charge is 0.312 e. The van der Waals surface area contributed by atoms with Crippen LogP contribution in [0.3, 0.4) is 0 Å². The summed E-state index contributed by atoms with van der Waals surface area (Å²) in [5.41, 5.74) is 1.22. The Balaban J connectivity index is 2.04. The molecule has 1 unspecified atom stereocenters. The number of thioether (sulfide) groups is 1. The number of hydrogen-bond acceptors (Lipinski definition) is 2. The molecule has 1 N–H and O–H groups in total. The molecule has 0 aliphatic rings. The molecule has 0 aliphatic heterocycles. The van der Waals surface area contributed by atoms with Gasteiger partial charge in [0.15, 0.2) is 0 Å². The fourth-order valence-electron chi connectivity index (χ4n) is 1.81. The van der Waals surface area contributed by atoms with Gasteiger partial charge in [0, 0.05) is 26.2 Å². The Labute approximate surface area is 131 Å². The summed E-state index contributed by atoms with van der Waals surface area (Å²) in [7, 11) is 1.98. The molecule has 100 valence electrons. The van der Waals surface area contributed by atoms with Crippen molar-refractivity contribution in [3.8, 4) is 0 Å². The number of rotatable bonds is 5. The van der Waals surface area contributed by atoms with Gasteiger partial charge in [-0.1, -0.05) is 45.7 Å². The molecule has 0 radical (unpaired) electrons. The Kier molecular flexibility index (Phi) is 5.76. The Hall–Kier alpha value is -0.480. The normalized spacial score (nSPS) is 12.4. The zero-order chi connectivity index (χ0) is 13.7. The number of halogens is 2. The average Bonchev–Trinajstić information content (AvgIpc) is 2.40. The van der Waals surface area contributed by atoms with Gasteiger partial charge in [-0.05, 0) is 42.9 Å². The van der Waals surface area contributed by atoms with Gasteiger partial charge in [-0.2, -0.15) is 0 Å². The van der Waals surface area contributed by atoms with E-state index in [9.17, 15) is 0 Å². The van der Waals surface area contributed by atoms with Gasteiger partial charge in [-0.15, -0.1) is 11.8 Å². The lowest BCUT2D eigenvalue weighted by atomic mass is 10.1. The van der Waals surface area contributed by atoms with Crippen molar-refractivity contribution in [2.24, 2.45) is 0 Å². The molecule has 2 aromatic carbocycles. The standard InChI is InChI=1S/C15H15BrClNS/c1-18-15(11-4-2-6-13(17)8-11)10-19-14-7-3-5-12(16)9-14/h2-9,15,18H,10H2,1H3. The fraction of sp³-hybridized carbons (Fsp3) is 0.200. The summed E-state index contributed by atoms with van der Waals surface area (Å²) in [6.45, 7) is 0. The van der Waals surface area contributed by atoms with Crippen LogP contribution in [0.4, 0.5) is 0 Å². The molecule has 0 saturated carbocycles. The lowest BCUT2D eigenvalue weighted by Crippen LogP contribution is -2.18. The van der Waals surface area contributed by atoms with Crippen LogP contribution in [0, 0.1) is 0 Å². The van der Waals surface area contributed by atoms with Gasteiger partial charge in [0.2, 0.25) is 0 Å². The highest BCUT2D eigenvalue weighted by atomic mass is 79.9. The molecule has 1 atom stereocenters. The van der Waals surface area contributed by atoms with Crippen LogP contribution in [0.15, 0.2) is 57.9 Å². The van der Waals surface area contributed by atoms with Crippen LogP contribution in [0.1, 0.15) is 11.6 Å². The van der Waals surface area contributed by atoms with Crippen molar-refractivity contribution in [3.05, 3.63) is 63.6 Å². The maximum Gasteiger partial charge on any atom is 0.0413 e. The van der Waals surface area contributed by atoms with E-state index in [-0.39, 0.29) is 0 Å². The number of nitrogens with one attached hydrogen (secondary N) is 1. The van der Waals surface area contributed by atoms with E-state index in [4.69, 9.17) is 11.6 Å². The second-order valence-corrected chi connectivity index (χ2v) is 6.61. The molecule has 2 rings (SSSR count). The summed E-state index contributed by atoms with van der Waals surface area (Å²) in [6.07, 6.45) is 0. The lowest BCUT2D eigenvalue weighted by molar-refractivity contribution is 0.662. The molecule has 0 saturated heterocycles. The first-order valence-electron chi connectivity index (χ1n) is 6.00. The topological polar surface area (TPSA) is 12.0 Å². The zero-order valence-electron chi connectivity index (χ0n) is 10.6. The van der Waals surface area contributed by atoms with Crippen LogP contribution < -0.4 is 5.32 Å². The Bertz CT molecular complexity index is 547. The van der Waals surface area contributed by atoms with Crippen LogP contribution in [0.2, 0.25) is 5.02 Å². The molecule has 0 aliphatic carbocycles. The molecule has 0 aromatic heterocycles. The second-order valence-electron chi connectivity index (χ2n) is 4.16. The number of hydrogen-bond donors (Lipinski definition) is 1. The fourth-order valence-corrected chi connectivity index (χ4v) is 3.66. The van der Waals surface area contributed by atoms with Gasteiger partial charge in [0.05, 0.1) is 0 Å². The predicted molar refractivity (Wildman–Crippen MR) is 88.1 cm³/mol. The quantitative estimate of drug-likeness (QED) is 0.743. The molecular formula is C15H15BrClNS. The molecule has 19 heavy (non-hydrogen) atoms. The van der Waals surface area contributed by atoms with Gasteiger partial charge < -0.3 is 5.32 Å². The molecule has 0 spiro atoms. The van der Waals surface area contributed by atoms with E-state index in [1.54, 1.807) is 0 Å². The van der Waals surface area contributed by atoms with Gasteiger partial charge in [-0.25, -0.2) is 0 Å². The molecule has 0 bridgehead atoms. The maximum absolute atomic E-state index is 6.04. The third kappa shape index (κ3) is 4.53. The first-order chi connectivity index (χ1) is 9.19. The summed E-state index contributed by atoms with van der Waals surface area (Å²) in [5.74, 6) is 0.966. The SMILES string of the molecule is CNC(CSc1cccc(Br)c1)c1cccc(Cl)c1. The van der Waals surface area contributed by atoms with Gasteiger partial charge in [-0.3, -0.25) is 0 Å². The first kappa shape index (κ1) is 14.9. The maximum atomic E-state index is 6.04. The Morgan fingerprint density at radius 3 is 2.68 bits per heavy atom. The van der Waals surface area contributed by atoms with E-state index in [0.29, 0.717) is 6.04 Å². The highest BCUT2D eigenvalue weighted by Gasteiger charge is 2.10.